The van der Waals surface area contributed by atoms with Gasteiger partial charge < -0.3 is 0 Å². The topological polar surface area (TPSA) is 77.1 Å². The Bertz CT molecular complexity index is 597. The standard InChI is InChI=1S/C10H11N3O2S2/c1-6-5-17-10(15)13(6)4-7-2-3-16-8(7)9(14)12-11/h2-3,5H,4,11H2,1H3,(H,12,14). The molecule has 1 amide bonds. The number of thiophene rings is 1. The molecule has 0 aliphatic rings. The van der Waals surface area contributed by atoms with Crippen molar-refractivity contribution in [3.63, 3.8) is 0 Å². The fourth-order valence-corrected chi connectivity index (χ4v) is 3.04. The van der Waals surface area contributed by atoms with E-state index in [-0.39, 0.29) is 10.8 Å². The van der Waals surface area contributed by atoms with Gasteiger partial charge >= 0.3 is 4.87 Å². The van der Waals surface area contributed by atoms with E-state index in [0.29, 0.717) is 11.4 Å². The van der Waals surface area contributed by atoms with E-state index in [0.717, 1.165) is 22.6 Å². The number of carbonyl (C=O) groups excluding carboxylic acids is 1. The highest BCUT2D eigenvalue weighted by atomic mass is 32.1. The Balaban J connectivity index is 2.34. The van der Waals surface area contributed by atoms with Gasteiger partial charge in [-0.3, -0.25) is 19.6 Å². The van der Waals surface area contributed by atoms with Crippen LogP contribution >= 0.6 is 22.7 Å². The van der Waals surface area contributed by atoms with E-state index >= 15 is 0 Å². The fourth-order valence-electron chi connectivity index (χ4n) is 1.49. The van der Waals surface area contributed by atoms with Crippen molar-refractivity contribution in [2.24, 2.45) is 5.84 Å². The smallest absolute Gasteiger partial charge is 0.299 e. The van der Waals surface area contributed by atoms with Crippen LogP contribution < -0.4 is 16.1 Å². The van der Waals surface area contributed by atoms with Gasteiger partial charge in [0.25, 0.3) is 5.91 Å². The van der Waals surface area contributed by atoms with Gasteiger partial charge in [-0.05, 0) is 23.9 Å². The zero-order chi connectivity index (χ0) is 12.4. The molecule has 5 nitrogen and oxygen atoms in total. The molecule has 0 aliphatic carbocycles. The normalized spacial score (nSPS) is 10.5. The quantitative estimate of drug-likeness (QED) is 0.494. The van der Waals surface area contributed by atoms with Gasteiger partial charge in [0.2, 0.25) is 0 Å². The number of aromatic nitrogens is 1. The molecule has 0 saturated carbocycles. The van der Waals surface area contributed by atoms with Crippen molar-refractivity contribution in [1.82, 2.24) is 9.99 Å². The SMILES string of the molecule is Cc1csc(=O)n1Cc1ccsc1C(=O)NN. The van der Waals surface area contributed by atoms with Gasteiger partial charge in [0, 0.05) is 11.1 Å². The molecule has 90 valence electrons. The minimum atomic E-state index is -0.323. The van der Waals surface area contributed by atoms with E-state index in [1.165, 1.54) is 11.3 Å². The Morgan fingerprint density at radius 1 is 1.53 bits per heavy atom. The monoisotopic (exact) mass is 269 g/mol. The predicted octanol–water partition coefficient (Wildman–Crippen LogP) is 0.932. The second-order valence-corrected chi connectivity index (χ2v) is 5.21. The summed E-state index contributed by atoms with van der Waals surface area (Å²) in [5.41, 5.74) is 3.80. The molecule has 2 aromatic rings. The van der Waals surface area contributed by atoms with Crippen LogP contribution in [0.5, 0.6) is 0 Å². The number of nitrogens with zero attached hydrogens (tertiary/aromatic N) is 1. The minimum absolute atomic E-state index is 0.0205. The predicted molar refractivity (Wildman–Crippen MR) is 68.4 cm³/mol. The lowest BCUT2D eigenvalue weighted by atomic mass is 10.2. The number of amides is 1. The Kier molecular flexibility index (Phi) is 3.41. The summed E-state index contributed by atoms with van der Waals surface area (Å²) in [5, 5.41) is 3.62. The molecule has 0 aromatic carbocycles. The summed E-state index contributed by atoms with van der Waals surface area (Å²) in [6.45, 7) is 2.27. The maximum absolute atomic E-state index is 11.6. The van der Waals surface area contributed by atoms with Crippen molar-refractivity contribution in [2.75, 3.05) is 0 Å². The molecule has 7 heteroatoms. The Morgan fingerprint density at radius 2 is 2.29 bits per heavy atom. The third kappa shape index (κ3) is 2.31. The molecular formula is C10H11N3O2S2. The summed E-state index contributed by atoms with van der Waals surface area (Å²) in [6.07, 6.45) is 0. The number of rotatable bonds is 3. The van der Waals surface area contributed by atoms with Crippen molar-refractivity contribution in [3.8, 4) is 0 Å². The molecule has 0 saturated heterocycles. The van der Waals surface area contributed by atoms with Gasteiger partial charge in [0.05, 0.1) is 11.4 Å². The molecule has 17 heavy (non-hydrogen) atoms. The molecular weight excluding hydrogens is 258 g/mol. The summed E-state index contributed by atoms with van der Waals surface area (Å²) in [7, 11) is 0. The number of aryl methyl sites for hydroxylation is 1. The van der Waals surface area contributed by atoms with Crippen LogP contribution in [0.3, 0.4) is 0 Å². The molecule has 2 aromatic heterocycles. The van der Waals surface area contributed by atoms with E-state index in [1.807, 2.05) is 18.4 Å². The van der Waals surface area contributed by atoms with Crippen molar-refractivity contribution in [1.29, 1.82) is 0 Å². The van der Waals surface area contributed by atoms with Gasteiger partial charge in [-0.25, -0.2) is 5.84 Å². The lowest BCUT2D eigenvalue weighted by molar-refractivity contribution is 0.0957. The van der Waals surface area contributed by atoms with Gasteiger partial charge in [-0.2, -0.15) is 0 Å². The number of hydrazine groups is 1. The van der Waals surface area contributed by atoms with Crippen molar-refractivity contribution < 1.29 is 4.79 Å². The molecule has 0 unspecified atom stereocenters. The van der Waals surface area contributed by atoms with E-state index in [1.54, 1.807) is 9.95 Å². The third-order valence-electron chi connectivity index (χ3n) is 2.39. The molecule has 0 radical (unpaired) electrons. The first-order chi connectivity index (χ1) is 8.13. The maximum Gasteiger partial charge on any atom is 0.307 e. The molecule has 0 bridgehead atoms. The zero-order valence-electron chi connectivity index (χ0n) is 9.10. The third-order valence-corrected chi connectivity index (χ3v) is 4.23. The van der Waals surface area contributed by atoms with Gasteiger partial charge in [0.15, 0.2) is 0 Å². The molecule has 2 rings (SSSR count). The van der Waals surface area contributed by atoms with Gasteiger partial charge in [0.1, 0.15) is 0 Å². The van der Waals surface area contributed by atoms with Crippen molar-refractivity contribution >= 4 is 28.6 Å². The first-order valence-corrected chi connectivity index (χ1v) is 6.61. The highest BCUT2D eigenvalue weighted by Gasteiger charge is 2.13. The average molecular weight is 269 g/mol. The Labute approximate surface area is 105 Å². The van der Waals surface area contributed by atoms with E-state index < -0.39 is 0 Å². The number of nitrogens with two attached hydrogens (primary N) is 1. The van der Waals surface area contributed by atoms with Crippen molar-refractivity contribution in [3.05, 3.63) is 42.6 Å². The van der Waals surface area contributed by atoms with Crippen LogP contribution in [0.4, 0.5) is 0 Å². The van der Waals surface area contributed by atoms with Crippen LogP contribution in [-0.4, -0.2) is 10.5 Å². The van der Waals surface area contributed by atoms with Crippen LogP contribution in [-0.2, 0) is 6.54 Å². The second kappa shape index (κ2) is 4.82. The first kappa shape index (κ1) is 12.0. The summed E-state index contributed by atoms with van der Waals surface area (Å²) in [4.78, 5) is 23.6. The number of nitrogens with one attached hydrogen (secondary N) is 1. The number of hydrogen-bond donors (Lipinski definition) is 2. The lowest BCUT2D eigenvalue weighted by Crippen LogP contribution is -2.30. The molecule has 0 spiro atoms. The van der Waals surface area contributed by atoms with Crippen LogP contribution in [0.1, 0.15) is 20.9 Å². The van der Waals surface area contributed by atoms with Crippen LogP contribution in [0.2, 0.25) is 0 Å². The highest BCUT2D eigenvalue weighted by Crippen LogP contribution is 2.18. The lowest BCUT2D eigenvalue weighted by Gasteiger charge is -2.05. The number of hydrogen-bond acceptors (Lipinski definition) is 5. The molecule has 0 aliphatic heterocycles. The van der Waals surface area contributed by atoms with E-state index in [2.05, 4.69) is 5.43 Å². The van der Waals surface area contributed by atoms with Crippen LogP contribution in [0, 0.1) is 6.92 Å². The largest absolute Gasteiger partial charge is 0.307 e. The number of nitrogen functional groups attached to an aromatic ring is 1. The Hall–Kier alpha value is -1.44. The number of carbonyl (C=O) groups is 1. The summed E-state index contributed by atoms with van der Waals surface area (Å²) < 4.78 is 1.64. The second-order valence-electron chi connectivity index (χ2n) is 3.48. The fraction of sp³-hybridized carbons (Fsp3) is 0.200. The minimum Gasteiger partial charge on any atom is -0.299 e. The zero-order valence-corrected chi connectivity index (χ0v) is 10.7. The number of thiazole rings is 1. The van der Waals surface area contributed by atoms with E-state index in [4.69, 9.17) is 5.84 Å². The molecule has 2 heterocycles. The van der Waals surface area contributed by atoms with Crippen LogP contribution in [0.25, 0.3) is 0 Å². The summed E-state index contributed by atoms with van der Waals surface area (Å²) in [5.74, 6) is 4.78. The molecule has 0 atom stereocenters. The molecule has 3 N–H and O–H groups in total. The molecule has 0 fully saturated rings. The van der Waals surface area contributed by atoms with E-state index in [9.17, 15) is 9.59 Å². The summed E-state index contributed by atoms with van der Waals surface area (Å²) in [6, 6.07) is 1.83. The first-order valence-electron chi connectivity index (χ1n) is 4.85. The average Bonchev–Trinajstić information content (AvgIpc) is 2.90. The summed E-state index contributed by atoms with van der Waals surface area (Å²) >= 11 is 2.47. The Morgan fingerprint density at radius 3 is 2.88 bits per heavy atom. The van der Waals surface area contributed by atoms with Crippen LogP contribution in [0.15, 0.2) is 21.6 Å². The van der Waals surface area contributed by atoms with Gasteiger partial charge in [-0.1, -0.05) is 11.3 Å². The van der Waals surface area contributed by atoms with Crippen molar-refractivity contribution in [2.45, 2.75) is 13.5 Å². The highest BCUT2D eigenvalue weighted by molar-refractivity contribution is 7.12. The van der Waals surface area contributed by atoms with Gasteiger partial charge in [-0.15, -0.1) is 11.3 Å². The maximum atomic E-state index is 11.6.